The van der Waals surface area contributed by atoms with Crippen LogP contribution in [0.15, 0.2) is 36.5 Å². The van der Waals surface area contributed by atoms with Crippen LogP contribution < -0.4 is 5.73 Å². The van der Waals surface area contributed by atoms with E-state index in [0.29, 0.717) is 16.9 Å². The lowest BCUT2D eigenvalue weighted by Gasteiger charge is -2.07. The molecule has 0 atom stereocenters. The van der Waals surface area contributed by atoms with E-state index in [2.05, 4.69) is 10.2 Å². The highest BCUT2D eigenvalue weighted by molar-refractivity contribution is 5.62. The average molecular weight is 239 g/mol. The Kier molecular flexibility index (Phi) is 2.71. The van der Waals surface area contributed by atoms with Crippen LogP contribution >= 0.6 is 0 Å². The maximum absolute atomic E-state index is 12.3. The first-order valence-corrected chi connectivity index (χ1v) is 4.72. The van der Waals surface area contributed by atoms with Gasteiger partial charge in [0.1, 0.15) is 0 Å². The zero-order valence-electron chi connectivity index (χ0n) is 8.57. The van der Waals surface area contributed by atoms with Gasteiger partial charge in [0.15, 0.2) is 0 Å². The number of nitrogens with zero attached hydrogens (tertiary/aromatic N) is 2. The quantitative estimate of drug-likeness (QED) is 0.832. The van der Waals surface area contributed by atoms with Crippen molar-refractivity contribution in [3.05, 3.63) is 42.1 Å². The molecule has 0 fully saturated rings. The fourth-order valence-electron chi connectivity index (χ4n) is 1.35. The third-order valence-electron chi connectivity index (χ3n) is 2.18. The van der Waals surface area contributed by atoms with Crippen LogP contribution in [0.2, 0.25) is 0 Å². The lowest BCUT2D eigenvalue weighted by molar-refractivity contribution is -0.137. The lowest BCUT2D eigenvalue weighted by atomic mass is 10.1. The molecule has 0 saturated carbocycles. The van der Waals surface area contributed by atoms with Gasteiger partial charge >= 0.3 is 6.18 Å². The molecule has 0 aliphatic rings. The summed E-state index contributed by atoms with van der Waals surface area (Å²) in [7, 11) is 0. The number of hydrogen-bond acceptors (Lipinski definition) is 3. The zero-order valence-corrected chi connectivity index (χ0v) is 8.57. The average Bonchev–Trinajstić information content (AvgIpc) is 2.28. The Balaban J connectivity index is 2.36. The van der Waals surface area contributed by atoms with Gasteiger partial charge in [0.25, 0.3) is 0 Å². The smallest absolute Gasteiger partial charge is 0.397 e. The Hall–Kier alpha value is -2.11. The van der Waals surface area contributed by atoms with E-state index in [1.54, 1.807) is 6.07 Å². The molecule has 2 aromatic rings. The molecule has 0 amide bonds. The molecule has 1 heterocycles. The fraction of sp³-hybridized carbons (Fsp3) is 0.0909. The van der Waals surface area contributed by atoms with E-state index in [-0.39, 0.29) is 0 Å². The number of alkyl halides is 3. The Morgan fingerprint density at radius 1 is 1.06 bits per heavy atom. The van der Waals surface area contributed by atoms with Crippen LogP contribution in [0.3, 0.4) is 0 Å². The first kappa shape index (κ1) is 11.4. The number of aromatic nitrogens is 2. The summed E-state index contributed by atoms with van der Waals surface area (Å²) in [5.74, 6) is 0. The van der Waals surface area contributed by atoms with Crippen LogP contribution in [0, 0.1) is 0 Å². The molecule has 2 N–H and O–H groups in total. The second kappa shape index (κ2) is 4.04. The highest BCUT2D eigenvalue weighted by atomic mass is 19.4. The maximum Gasteiger partial charge on any atom is 0.416 e. The third-order valence-corrected chi connectivity index (χ3v) is 2.18. The zero-order chi connectivity index (χ0) is 12.5. The van der Waals surface area contributed by atoms with Gasteiger partial charge in [0.2, 0.25) is 0 Å². The molecule has 0 bridgehead atoms. The van der Waals surface area contributed by atoms with Crippen molar-refractivity contribution >= 4 is 5.69 Å². The molecule has 1 aromatic carbocycles. The van der Waals surface area contributed by atoms with Crippen LogP contribution in [0.4, 0.5) is 18.9 Å². The van der Waals surface area contributed by atoms with E-state index in [1.165, 1.54) is 18.3 Å². The van der Waals surface area contributed by atoms with E-state index < -0.39 is 11.7 Å². The highest BCUT2D eigenvalue weighted by Gasteiger charge is 2.29. The molecule has 0 saturated heterocycles. The molecule has 6 heteroatoms. The first-order valence-electron chi connectivity index (χ1n) is 4.72. The van der Waals surface area contributed by atoms with Gasteiger partial charge in [-0.2, -0.15) is 23.4 Å². The van der Waals surface area contributed by atoms with Crippen molar-refractivity contribution in [3.63, 3.8) is 0 Å². The number of halogens is 3. The van der Waals surface area contributed by atoms with E-state index >= 15 is 0 Å². The minimum absolute atomic E-state index is 0.412. The van der Waals surface area contributed by atoms with Gasteiger partial charge in [-0.15, -0.1) is 0 Å². The van der Waals surface area contributed by atoms with Crippen molar-refractivity contribution in [2.24, 2.45) is 0 Å². The predicted molar refractivity (Wildman–Crippen MR) is 56.9 cm³/mol. The van der Waals surface area contributed by atoms with Crippen molar-refractivity contribution in [3.8, 4) is 11.3 Å². The number of benzene rings is 1. The molecule has 0 spiro atoms. The van der Waals surface area contributed by atoms with Crippen LogP contribution in [-0.2, 0) is 6.18 Å². The summed E-state index contributed by atoms with van der Waals surface area (Å²) in [6.07, 6.45) is -2.96. The van der Waals surface area contributed by atoms with E-state index in [0.717, 1.165) is 12.1 Å². The number of hydrogen-bond donors (Lipinski definition) is 1. The summed E-state index contributed by atoms with van der Waals surface area (Å²) >= 11 is 0. The number of nitrogen functional groups attached to an aromatic ring is 1. The highest BCUT2D eigenvalue weighted by Crippen LogP contribution is 2.30. The SMILES string of the molecule is Nc1cnnc(-c2ccc(C(F)(F)F)cc2)c1. The summed E-state index contributed by atoms with van der Waals surface area (Å²) in [5.41, 5.74) is 6.21. The first-order chi connectivity index (χ1) is 7.97. The predicted octanol–water partition coefficient (Wildman–Crippen LogP) is 2.74. The van der Waals surface area contributed by atoms with Crippen LogP contribution in [-0.4, -0.2) is 10.2 Å². The molecule has 3 nitrogen and oxygen atoms in total. The third kappa shape index (κ3) is 2.52. The number of rotatable bonds is 1. The minimum Gasteiger partial charge on any atom is -0.397 e. The normalized spacial score (nSPS) is 11.5. The van der Waals surface area contributed by atoms with Crippen molar-refractivity contribution in [2.45, 2.75) is 6.18 Å². The second-order valence-electron chi connectivity index (χ2n) is 3.45. The standard InChI is InChI=1S/C11H8F3N3/c12-11(13,14)8-3-1-7(2-4-8)10-5-9(15)6-16-17-10/h1-6H,(H2,15,17). The molecule has 2 rings (SSSR count). The molecule has 1 aromatic heterocycles. The summed E-state index contributed by atoms with van der Waals surface area (Å²) in [6.45, 7) is 0. The van der Waals surface area contributed by atoms with E-state index in [4.69, 9.17) is 5.73 Å². The molecule has 88 valence electrons. The van der Waals surface area contributed by atoms with E-state index in [9.17, 15) is 13.2 Å². The molecular formula is C11H8F3N3. The van der Waals surface area contributed by atoms with Crippen molar-refractivity contribution < 1.29 is 13.2 Å². The van der Waals surface area contributed by atoms with Gasteiger partial charge in [0, 0.05) is 5.56 Å². The lowest BCUT2D eigenvalue weighted by Crippen LogP contribution is -2.04. The van der Waals surface area contributed by atoms with Crippen molar-refractivity contribution in [1.29, 1.82) is 0 Å². The molecule has 0 aliphatic carbocycles. The van der Waals surface area contributed by atoms with Crippen LogP contribution in [0.25, 0.3) is 11.3 Å². The summed E-state index contributed by atoms with van der Waals surface area (Å²) in [6, 6.07) is 6.23. The van der Waals surface area contributed by atoms with Crippen LogP contribution in [0.1, 0.15) is 5.56 Å². The number of nitrogens with two attached hydrogens (primary N) is 1. The molecule has 17 heavy (non-hydrogen) atoms. The number of anilines is 1. The van der Waals surface area contributed by atoms with E-state index in [1.807, 2.05) is 0 Å². The molecule has 0 radical (unpaired) electrons. The molecule has 0 aliphatic heterocycles. The Morgan fingerprint density at radius 2 is 1.71 bits per heavy atom. The molecule has 0 unspecified atom stereocenters. The Bertz CT molecular complexity index is 520. The van der Waals surface area contributed by atoms with Gasteiger partial charge in [-0.3, -0.25) is 0 Å². The monoisotopic (exact) mass is 239 g/mol. The second-order valence-corrected chi connectivity index (χ2v) is 3.45. The summed E-state index contributed by atoms with van der Waals surface area (Å²) < 4.78 is 37.0. The van der Waals surface area contributed by atoms with Crippen molar-refractivity contribution in [1.82, 2.24) is 10.2 Å². The summed E-state index contributed by atoms with van der Waals surface area (Å²) in [5, 5.41) is 7.42. The van der Waals surface area contributed by atoms with Gasteiger partial charge in [-0.05, 0) is 18.2 Å². The minimum atomic E-state index is -4.33. The fourth-order valence-corrected chi connectivity index (χ4v) is 1.35. The largest absolute Gasteiger partial charge is 0.416 e. The molecular weight excluding hydrogens is 231 g/mol. The Labute approximate surface area is 95.1 Å². The Morgan fingerprint density at radius 3 is 2.24 bits per heavy atom. The topological polar surface area (TPSA) is 51.8 Å². The van der Waals surface area contributed by atoms with Gasteiger partial charge in [-0.1, -0.05) is 12.1 Å². The van der Waals surface area contributed by atoms with Gasteiger partial charge in [-0.25, -0.2) is 0 Å². The van der Waals surface area contributed by atoms with Crippen molar-refractivity contribution in [2.75, 3.05) is 5.73 Å². The van der Waals surface area contributed by atoms with Gasteiger partial charge in [0.05, 0.1) is 23.1 Å². The van der Waals surface area contributed by atoms with Crippen LogP contribution in [0.5, 0.6) is 0 Å². The maximum atomic E-state index is 12.3. The summed E-state index contributed by atoms with van der Waals surface area (Å²) in [4.78, 5) is 0. The van der Waals surface area contributed by atoms with Gasteiger partial charge < -0.3 is 5.73 Å².